The van der Waals surface area contributed by atoms with Crippen LogP contribution in [0.3, 0.4) is 0 Å². The molecule has 0 unspecified atom stereocenters. The van der Waals surface area contributed by atoms with E-state index in [1.807, 2.05) is 29.6 Å². The number of aromatic nitrogens is 1. The molecule has 0 bridgehead atoms. The molecular formula is C16H13BrCl2N2S. The molecule has 3 rings (SSSR count). The minimum Gasteiger partial charge on any atom is -0.332 e. The van der Waals surface area contributed by atoms with Crippen LogP contribution in [0.4, 0.5) is 10.8 Å². The van der Waals surface area contributed by atoms with E-state index >= 15 is 0 Å². The normalized spacial score (nSPS) is 10.1. The number of hydrogen-bond donors (Lipinski definition) is 1. The quantitative estimate of drug-likeness (QED) is 0.511. The van der Waals surface area contributed by atoms with Gasteiger partial charge in [0.15, 0.2) is 5.13 Å². The molecule has 0 amide bonds. The smallest absolute Gasteiger partial charge is 0.187 e. The maximum Gasteiger partial charge on any atom is 0.187 e. The van der Waals surface area contributed by atoms with E-state index in [9.17, 15) is 0 Å². The lowest BCUT2D eigenvalue weighted by molar-refractivity contribution is 1.37. The molecule has 1 aromatic heterocycles. The zero-order valence-corrected chi connectivity index (χ0v) is 15.7. The lowest BCUT2D eigenvalue weighted by Crippen LogP contribution is -1.89. The van der Waals surface area contributed by atoms with Gasteiger partial charge in [-0.15, -0.1) is 28.3 Å². The highest BCUT2D eigenvalue weighted by Gasteiger charge is 2.07. The minimum absolute atomic E-state index is 0. The van der Waals surface area contributed by atoms with E-state index in [2.05, 4.69) is 29.4 Å². The van der Waals surface area contributed by atoms with Crippen LogP contribution in [0.2, 0.25) is 10.0 Å². The monoisotopic (exact) mass is 414 g/mol. The maximum absolute atomic E-state index is 6.05. The van der Waals surface area contributed by atoms with E-state index in [0.29, 0.717) is 10.0 Å². The summed E-state index contributed by atoms with van der Waals surface area (Å²) in [5, 5.41) is 7.24. The third-order valence-electron chi connectivity index (χ3n) is 2.99. The number of hydrogen-bond acceptors (Lipinski definition) is 3. The van der Waals surface area contributed by atoms with E-state index in [4.69, 9.17) is 23.2 Å². The molecule has 0 spiro atoms. The number of benzene rings is 2. The Morgan fingerprint density at radius 1 is 1.05 bits per heavy atom. The van der Waals surface area contributed by atoms with Gasteiger partial charge in [-0.3, -0.25) is 0 Å². The summed E-state index contributed by atoms with van der Waals surface area (Å²) in [5.41, 5.74) is 4.08. The Labute approximate surface area is 153 Å². The van der Waals surface area contributed by atoms with Gasteiger partial charge in [-0.25, -0.2) is 4.98 Å². The first-order valence-corrected chi connectivity index (χ1v) is 8.00. The van der Waals surface area contributed by atoms with Crippen LogP contribution in [0.25, 0.3) is 11.3 Å². The van der Waals surface area contributed by atoms with Crippen molar-refractivity contribution in [2.75, 3.05) is 5.32 Å². The SMILES string of the molecule is Br.Cc1cccc(Nc2nc(-c3ccc(Cl)c(Cl)c3)cs2)c1. The van der Waals surface area contributed by atoms with E-state index in [0.717, 1.165) is 22.1 Å². The molecule has 2 aromatic carbocycles. The largest absolute Gasteiger partial charge is 0.332 e. The van der Waals surface area contributed by atoms with Gasteiger partial charge >= 0.3 is 0 Å². The predicted molar refractivity (Wildman–Crippen MR) is 102 cm³/mol. The van der Waals surface area contributed by atoms with Crippen LogP contribution in [-0.2, 0) is 0 Å². The predicted octanol–water partition coefficient (Wildman–Crippen LogP) is 6.75. The van der Waals surface area contributed by atoms with E-state index < -0.39 is 0 Å². The molecule has 114 valence electrons. The topological polar surface area (TPSA) is 24.9 Å². The summed E-state index contributed by atoms with van der Waals surface area (Å²) in [5.74, 6) is 0. The molecule has 0 saturated heterocycles. The van der Waals surface area contributed by atoms with Crippen LogP contribution >= 0.6 is 51.5 Å². The Hall–Kier alpha value is -1.07. The van der Waals surface area contributed by atoms with Crippen molar-refractivity contribution in [3.63, 3.8) is 0 Å². The molecule has 6 heteroatoms. The number of nitrogens with one attached hydrogen (secondary N) is 1. The first-order chi connectivity index (χ1) is 10.1. The lowest BCUT2D eigenvalue weighted by Gasteiger charge is -2.03. The van der Waals surface area contributed by atoms with Crippen molar-refractivity contribution in [1.29, 1.82) is 0 Å². The van der Waals surface area contributed by atoms with Crippen molar-refractivity contribution in [1.82, 2.24) is 4.98 Å². The van der Waals surface area contributed by atoms with Gasteiger partial charge in [0.25, 0.3) is 0 Å². The van der Waals surface area contributed by atoms with Crippen LogP contribution in [0.5, 0.6) is 0 Å². The number of nitrogens with zero attached hydrogens (tertiary/aromatic N) is 1. The third kappa shape index (κ3) is 4.02. The van der Waals surface area contributed by atoms with Crippen molar-refractivity contribution < 1.29 is 0 Å². The summed E-state index contributed by atoms with van der Waals surface area (Å²) in [6.45, 7) is 2.06. The lowest BCUT2D eigenvalue weighted by atomic mass is 10.2. The average molecular weight is 416 g/mol. The van der Waals surface area contributed by atoms with Crippen LogP contribution in [0.1, 0.15) is 5.56 Å². The number of thiazole rings is 1. The second kappa shape index (κ2) is 7.47. The van der Waals surface area contributed by atoms with E-state index in [-0.39, 0.29) is 17.0 Å². The molecule has 0 aliphatic rings. The maximum atomic E-state index is 6.05. The molecule has 0 aliphatic carbocycles. The summed E-state index contributed by atoms with van der Waals surface area (Å²) in [6.07, 6.45) is 0. The second-order valence-electron chi connectivity index (χ2n) is 4.66. The molecule has 0 aliphatic heterocycles. The van der Waals surface area contributed by atoms with E-state index in [1.54, 1.807) is 17.4 Å². The van der Waals surface area contributed by atoms with Gasteiger partial charge in [0.1, 0.15) is 0 Å². The molecular weight excluding hydrogens is 403 g/mol. The Bertz CT molecular complexity index is 789. The van der Waals surface area contributed by atoms with Gasteiger partial charge in [-0.1, -0.05) is 41.4 Å². The summed E-state index contributed by atoms with van der Waals surface area (Å²) in [4.78, 5) is 4.58. The van der Waals surface area contributed by atoms with E-state index in [1.165, 1.54) is 5.56 Å². The second-order valence-corrected chi connectivity index (χ2v) is 6.33. The standard InChI is InChI=1S/C16H12Cl2N2S.BrH/c1-10-3-2-4-12(7-10)19-16-20-15(9-21-16)11-5-6-13(17)14(18)8-11;/h2-9H,1H3,(H,19,20);1H. The molecule has 2 nitrogen and oxygen atoms in total. The Balaban J connectivity index is 0.00000176. The minimum atomic E-state index is 0. The fourth-order valence-electron chi connectivity index (χ4n) is 1.97. The highest BCUT2D eigenvalue weighted by Crippen LogP contribution is 2.31. The number of rotatable bonds is 3. The van der Waals surface area contributed by atoms with Crippen molar-refractivity contribution in [3.05, 3.63) is 63.5 Å². The average Bonchev–Trinajstić information content (AvgIpc) is 2.90. The zero-order chi connectivity index (χ0) is 14.8. The third-order valence-corrected chi connectivity index (χ3v) is 4.49. The fourth-order valence-corrected chi connectivity index (χ4v) is 3.00. The van der Waals surface area contributed by atoms with Crippen LogP contribution in [-0.4, -0.2) is 4.98 Å². The van der Waals surface area contributed by atoms with Gasteiger partial charge in [-0.05, 0) is 36.8 Å². The van der Waals surface area contributed by atoms with Gasteiger partial charge < -0.3 is 5.32 Å². The molecule has 0 radical (unpaired) electrons. The molecule has 22 heavy (non-hydrogen) atoms. The summed E-state index contributed by atoms with van der Waals surface area (Å²) >= 11 is 13.5. The Morgan fingerprint density at radius 2 is 1.86 bits per heavy atom. The molecule has 0 atom stereocenters. The van der Waals surface area contributed by atoms with Gasteiger partial charge in [0.05, 0.1) is 15.7 Å². The summed E-state index contributed by atoms with van der Waals surface area (Å²) in [7, 11) is 0. The van der Waals surface area contributed by atoms with Crippen molar-refractivity contribution in [3.8, 4) is 11.3 Å². The summed E-state index contributed by atoms with van der Waals surface area (Å²) in [6, 6.07) is 13.7. The van der Waals surface area contributed by atoms with Crippen molar-refractivity contribution >= 4 is 62.3 Å². The molecule has 1 N–H and O–H groups in total. The van der Waals surface area contributed by atoms with Gasteiger partial charge in [0.2, 0.25) is 0 Å². The molecule has 0 saturated carbocycles. The number of anilines is 2. The van der Waals surface area contributed by atoms with Gasteiger partial charge in [0, 0.05) is 16.6 Å². The van der Waals surface area contributed by atoms with Crippen LogP contribution < -0.4 is 5.32 Å². The fraction of sp³-hybridized carbons (Fsp3) is 0.0625. The molecule has 1 heterocycles. The van der Waals surface area contributed by atoms with Crippen LogP contribution in [0.15, 0.2) is 47.8 Å². The Morgan fingerprint density at radius 3 is 2.59 bits per heavy atom. The zero-order valence-electron chi connectivity index (χ0n) is 11.6. The van der Waals surface area contributed by atoms with Crippen molar-refractivity contribution in [2.45, 2.75) is 6.92 Å². The van der Waals surface area contributed by atoms with Gasteiger partial charge in [-0.2, -0.15) is 0 Å². The first kappa shape index (κ1) is 17.3. The first-order valence-electron chi connectivity index (χ1n) is 6.36. The number of aryl methyl sites for hydroxylation is 1. The molecule has 0 fully saturated rings. The number of halogens is 3. The highest BCUT2D eigenvalue weighted by atomic mass is 79.9. The Kier molecular flexibility index (Phi) is 5.87. The van der Waals surface area contributed by atoms with Crippen molar-refractivity contribution in [2.24, 2.45) is 0 Å². The van der Waals surface area contributed by atoms with Crippen LogP contribution in [0, 0.1) is 6.92 Å². The summed E-state index contributed by atoms with van der Waals surface area (Å²) < 4.78 is 0. The molecule has 3 aromatic rings. The highest BCUT2D eigenvalue weighted by molar-refractivity contribution is 8.93.